The number of nitrogens with zero attached hydrogens (tertiary/aromatic N) is 3. The van der Waals surface area contributed by atoms with E-state index in [2.05, 4.69) is 4.98 Å². The molecule has 0 aromatic carbocycles. The average Bonchev–Trinajstić information content (AvgIpc) is 2.56. The van der Waals surface area contributed by atoms with Crippen molar-refractivity contribution in [2.24, 2.45) is 7.05 Å². The number of fused-ring (bicyclic) bond motifs is 1. The quantitative estimate of drug-likeness (QED) is 0.606. The van der Waals surface area contributed by atoms with Crippen LogP contribution in [0.3, 0.4) is 0 Å². The van der Waals surface area contributed by atoms with E-state index in [1.54, 1.807) is 7.05 Å². The largest absolute Gasteiger partial charge is 0.478 e. The molecule has 16 heavy (non-hydrogen) atoms. The normalized spacial score (nSPS) is 10.6. The van der Waals surface area contributed by atoms with Gasteiger partial charge in [-0.15, -0.1) is 0 Å². The molecule has 2 aromatic rings. The first-order valence-corrected chi connectivity index (χ1v) is 4.33. The molecule has 1 N–H and O–H groups in total. The summed E-state index contributed by atoms with van der Waals surface area (Å²) in [6.45, 7) is 0. The standard InChI is InChI=1S/C9H7N3O4/c1-11-4-7(9(13)14)6-2-5(12(15)16)3-10-8(6)11/h2-4H,1H3,(H,13,14). The Bertz CT molecular complexity index is 602. The smallest absolute Gasteiger partial charge is 0.337 e. The molecule has 7 heteroatoms. The summed E-state index contributed by atoms with van der Waals surface area (Å²) in [7, 11) is 1.63. The molecule has 2 heterocycles. The van der Waals surface area contributed by atoms with E-state index < -0.39 is 10.9 Å². The van der Waals surface area contributed by atoms with Crippen LogP contribution >= 0.6 is 0 Å². The second-order valence-corrected chi connectivity index (χ2v) is 3.28. The van der Waals surface area contributed by atoms with Crippen molar-refractivity contribution in [3.05, 3.63) is 34.1 Å². The van der Waals surface area contributed by atoms with Crippen LogP contribution in [0.2, 0.25) is 0 Å². The Morgan fingerprint density at radius 1 is 1.62 bits per heavy atom. The van der Waals surface area contributed by atoms with Gasteiger partial charge in [0.2, 0.25) is 0 Å². The summed E-state index contributed by atoms with van der Waals surface area (Å²) >= 11 is 0. The number of carboxylic acid groups (broad SMARTS) is 1. The van der Waals surface area contributed by atoms with E-state index in [1.165, 1.54) is 16.8 Å². The summed E-state index contributed by atoms with van der Waals surface area (Å²) in [6, 6.07) is 1.21. The molecule has 0 aliphatic rings. The molecule has 0 unspecified atom stereocenters. The van der Waals surface area contributed by atoms with Gasteiger partial charge < -0.3 is 9.67 Å². The summed E-state index contributed by atoms with van der Waals surface area (Å²) in [5.74, 6) is -1.13. The number of hydrogen-bond donors (Lipinski definition) is 1. The first-order chi connectivity index (χ1) is 7.50. The molecule has 0 radical (unpaired) electrons. The Balaban J connectivity index is 2.79. The Hall–Kier alpha value is -2.44. The third-order valence-electron chi connectivity index (χ3n) is 2.24. The van der Waals surface area contributed by atoms with Crippen LogP contribution in [0.4, 0.5) is 5.69 Å². The van der Waals surface area contributed by atoms with E-state index in [-0.39, 0.29) is 16.6 Å². The van der Waals surface area contributed by atoms with Gasteiger partial charge in [-0.3, -0.25) is 10.1 Å². The van der Waals surface area contributed by atoms with Crippen LogP contribution in [0.5, 0.6) is 0 Å². The number of aromatic nitrogens is 2. The maximum absolute atomic E-state index is 10.9. The first kappa shape index (κ1) is 10.1. The zero-order valence-electron chi connectivity index (χ0n) is 8.25. The molecule has 0 amide bonds. The molecular weight excluding hydrogens is 214 g/mol. The van der Waals surface area contributed by atoms with Gasteiger partial charge in [-0.25, -0.2) is 9.78 Å². The monoisotopic (exact) mass is 221 g/mol. The van der Waals surface area contributed by atoms with Crippen LogP contribution in [0, 0.1) is 10.1 Å². The van der Waals surface area contributed by atoms with Gasteiger partial charge in [0.25, 0.3) is 5.69 Å². The minimum Gasteiger partial charge on any atom is -0.478 e. The molecule has 2 aromatic heterocycles. The Morgan fingerprint density at radius 3 is 2.88 bits per heavy atom. The van der Waals surface area contributed by atoms with Gasteiger partial charge in [-0.2, -0.15) is 0 Å². The lowest BCUT2D eigenvalue weighted by molar-refractivity contribution is -0.385. The predicted molar refractivity (Wildman–Crippen MR) is 54.3 cm³/mol. The molecule has 0 saturated heterocycles. The van der Waals surface area contributed by atoms with E-state index in [9.17, 15) is 14.9 Å². The van der Waals surface area contributed by atoms with Crippen LogP contribution in [0.15, 0.2) is 18.5 Å². The van der Waals surface area contributed by atoms with Gasteiger partial charge in [0.05, 0.1) is 10.5 Å². The van der Waals surface area contributed by atoms with Crippen molar-refractivity contribution in [1.82, 2.24) is 9.55 Å². The molecule has 0 fully saturated rings. The second kappa shape index (κ2) is 3.30. The fourth-order valence-corrected chi connectivity index (χ4v) is 1.52. The molecule has 0 spiro atoms. The molecule has 7 nitrogen and oxygen atoms in total. The van der Waals surface area contributed by atoms with Gasteiger partial charge in [0.15, 0.2) is 0 Å². The zero-order chi connectivity index (χ0) is 11.9. The van der Waals surface area contributed by atoms with E-state index in [0.717, 1.165) is 6.20 Å². The molecule has 2 rings (SSSR count). The lowest BCUT2D eigenvalue weighted by atomic mass is 10.2. The number of aromatic carboxylic acids is 1. The highest BCUT2D eigenvalue weighted by molar-refractivity contribution is 6.02. The Kier molecular flexibility index (Phi) is 2.08. The number of nitro groups is 1. The molecule has 0 aliphatic carbocycles. The number of carbonyl (C=O) groups is 1. The van der Waals surface area contributed by atoms with Gasteiger partial charge in [0, 0.05) is 24.7 Å². The lowest BCUT2D eigenvalue weighted by Gasteiger charge is -1.94. The number of hydrogen-bond acceptors (Lipinski definition) is 4. The Labute approximate surface area is 89.1 Å². The predicted octanol–water partition coefficient (Wildman–Crippen LogP) is 1.18. The summed E-state index contributed by atoms with van der Waals surface area (Å²) in [5.41, 5.74) is 0.193. The molecule has 0 aliphatic heterocycles. The van der Waals surface area contributed by atoms with Crippen molar-refractivity contribution in [2.45, 2.75) is 0 Å². The van der Waals surface area contributed by atoms with E-state index in [0.29, 0.717) is 5.65 Å². The fraction of sp³-hybridized carbons (Fsp3) is 0.111. The highest BCUT2D eigenvalue weighted by atomic mass is 16.6. The van der Waals surface area contributed by atoms with Crippen molar-refractivity contribution in [3.8, 4) is 0 Å². The molecule has 0 atom stereocenters. The minimum atomic E-state index is -1.13. The van der Waals surface area contributed by atoms with Crippen LogP contribution in [0.25, 0.3) is 11.0 Å². The van der Waals surface area contributed by atoms with Crippen LogP contribution in [-0.2, 0) is 7.05 Å². The average molecular weight is 221 g/mol. The topological polar surface area (TPSA) is 98.3 Å². The summed E-state index contributed by atoms with van der Waals surface area (Å²) < 4.78 is 1.52. The van der Waals surface area contributed by atoms with Gasteiger partial charge in [-0.05, 0) is 0 Å². The number of carboxylic acids is 1. The fourth-order valence-electron chi connectivity index (χ4n) is 1.52. The summed E-state index contributed by atoms with van der Waals surface area (Å²) in [4.78, 5) is 24.7. The van der Waals surface area contributed by atoms with Gasteiger partial charge in [0.1, 0.15) is 11.8 Å². The van der Waals surface area contributed by atoms with Crippen LogP contribution < -0.4 is 0 Å². The first-order valence-electron chi connectivity index (χ1n) is 4.33. The van der Waals surface area contributed by atoms with E-state index in [1.807, 2.05) is 0 Å². The highest BCUT2D eigenvalue weighted by Gasteiger charge is 2.17. The zero-order valence-corrected chi connectivity index (χ0v) is 8.25. The third-order valence-corrected chi connectivity index (χ3v) is 2.24. The van der Waals surface area contributed by atoms with Crippen molar-refractivity contribution < 1.29 is 14.8 Å². The van der Waals surface area contributed by atoms with E-state index >= 15 is 0 Å². The van der Waals surface area contributed by atoms with Gasteiger partial charge >= 0.3 is 5.97 Å². The van der Waals surface area contributed by atoms with Crippen LogP contribution in [0.1, 0.15) is 10.4 Å². The van der Waals surface area contributed by atoms with Crippen molar-refractivity contribution in [3.63, 3.8) is 0 Å². The highest BCUT2D eigenvalue weighted by Crippen LogP contribution is 2.23. The number of pyridine rings is 1. The molecule has 0 bridgehead atoms. The van der Waals surface area contributed by atoms with Crippen LogP contribution in [-0.4, -0.2) is 25.6 Å². The maximum Gasteiger partial charge on any atom is 0.337 e. The number of rotatable bonds is 2. The second-order valence-electron chi connectivity index (χ2n) is 3.28. The SMILES string of the molecule is Cn1cc(C(=O)O)c2cc([N+](=O)[O-])cnc21. The Morgan fingerprint density at radius 2 is 2.31 bits per heavy atom. The molecule has 82 valence electrons. The van der Waals surface area contributed by atoms with Crippen molar-refractivity contribution in [1.29, 1.82) is 0 Å². The summed E-state index contributed by atoms with van der Waals surface area (Å²) in [5, 5.41) is 19.7. The molecule has 0 saturated carbocycles. The van der Waals surface area contributed by atoms with Crippen molar-refractivity contribution in [2.75, 3.05) is 0 Å². The minimum absolute atomic E-state index is 0.00806. The van der Waals surface area contributed by atoms with E-state index in [4.69, 9.17) is 5.11 Å². The third kappa shape index (κ3) is 1.38. The van der Waals surface area contributed by atoms with Gasteiger partial charge in [-0.1, -0.05) is 0 Å². The molecular formula is C9H7N3O4. The number of aryl methyl sites for hydroxylation is 1. The maximum atomic E-state index is 10.9. The van der Waals surface area contributed by atoms with Crippen molar-refractivity contribution >= 4 is 22.7 Å². The summed E-state index contributed by atoms with van der Waals surface area (Å²) in [6.07, 6.45) is 2.48. The lowest BCUT2D eigenvalue weighted by Crippen LogP contribution is -1.95.